The van der Waals surface area contributed by atoms with Crippen LogP contribution >= 0.6 is 0 Å². The third-order valence-corrected chi connectivity index (χ3v) is 7.41. The first-order valence-electron chi connectivity index (χ1n) is 10.6. The molecule has 1 aromatic carbocycles. The van der Waals surface area contributed by atoms with Crippen LogP contribution in [0.5, 0.6) is 5.75 Å². The average molecular weight is 371 g/mol. The minimum atomic E-state index is 0.161. The van der Waals surface area contributed by atoms with Gasteiger partial charge in [0.25, 0.3) is 0 Å². The molecule has 4 fully saturated rings. The molecular formula is C23H34N2O2. The fourth-order valence-electron chi connectivity index (χ4n) is 6.49. The number of methoxy groups -OCH3 is 1. The summed E-state index contributed by atoms with van der Waals surface area (Å²) in [5.74, 6) is 3.80. The third-order valence-electron chi connectivity index (χ3n) is 7.41. The Morgan fingerprint density at radius 3 is 2.22 bits per heavy atom. The van der Waals surface area contributed by atoms with Gasteiger partial charge in [-0.05, 0) is 93.4 Å². The molecule has 1 atom stereocenters. The number of hydrogen-bond acceptors (Lipinski definition) is 3. The maximum absolute atomic E-state index is 12.7. The van der Waals surface area contributed by atoms with E-state index in [9.17, 15) is 4.79 Å². The molecule has 1 amide bonds. The summed E-state index contributed by atoms with van der Waals surface area (Å²) >= 11 is 0. The minimum Gasteiger partial charge on any atom is -0.497 e. The predicted molar refractivity (Wildman–Crippen MR) is 108 cm³/mol. The lowest BCUT2D eigenvalue weighted by molar-refractivity contribution is -0.126. The van der Waals surface area contributed by atoms with Crippen molar-refractivity contribution in [1.29, 1.82) is 0 Å². The number of nitrogens with zero attached hydrogens (tertiary/aromatic N) is 1. The van der Waals surface area contributed by atoms with E-state index >= 15 is 0 Å². The number of benzene rings is 1. The van der Waals surface area contributed by atoms with Crippen molar-refractivity contribution in [2.45, 2.75) is 58.0 Å². The summed E-state index contributed by atoms with van der Waals surface area (Å²) in [6.07, 6.45) is 8.35. The molecule has 0 unspecified atom stereocenters. The van der Waals surface area contributed by atoms with Crippen molar-refractivity contribution in [3.63, 3.8) is 0 Å². The SMILES string of the molecule is COc1ccc(CN(C)CC(=O)N[C@@H](C)C23CC4CC(CC(C4)C2)C3)cc1. The number of carbonyl (C=O) groups is 1. The van der Waals surface area contributed by atoms with E-state index in [2.05, 4.69) is 29.3 Å². The van der Waals surface area contributed by atoms with Crippen molar-refractivity contribution < 1.29 is 9.53 Å². The molecule has 0 saturated heterocycles. The normalized spacial score (nSPS) is 32.5. The average Bonchev–Trinajstić information content (AvgIpc) is 2.61. The largest absolute Gasteiger partial charge is 0.497 e. The van der Waals surface area contributed by atoms with Gasteiger partial charge in [0.1, 0.15) is 5.75 Å². The molecule has 1 N–H and O–H groups in total. The molecule has 4 saturated carbocycles. The van der Waals surface area contributed by atoms with Crippen LogP contribution in [0, 0.1) is 23.2 Å². The lowest BCUT2D eigenvalue weighted by Crippen LogP contribution is -2.56. The molecule has 0 radical (unpaired) electrons. The molecule has 4 bridgehead atoms. The number of carbonyl (C=O) groups excluding carboxylic acids is 1. The van der Waals surface area contributed by atoms with E-state index < -0.39 is 0 Å². The highest BCUT2D eigenvalue weighted by molar-refractivity contribution is 5.78. The molecule has 4 nitrogen and oxygen atoms in total. The third kappa shape index (κ3) is 4.01. The smallest absolute Gasteiger partial charge is 0.234 e. The zero-order valence-electron chi connectivity index (χ0n) is 17.0. The predicted octanol–water partition coefficient (Wildman–Crippen LogP) is 3.85. The summed E-state index contributed by atoms with van der Waals surface area (Å²) < 4.78 is 5.21. The van der Waals surface area contributed by atoms with E-state index in [4.69, 9.17) is 4.74 Å². The van der Waals surface area contributed by atoms with Crippen molar-refractivity contribution >= 4 is 5.91 Å². The summed E-state index contributed by atoms with van der Waals surface area (Å²) in [5, 5.41) is 3.37. The van der Waals surface area contributed by atoms with Crippen LogP contribution in [0.1, 0.15) is 51.0 Å². The Labute approximate surface area is 163 Å². The zero-order valence-corrected chi connectivity index (χ0v) is 17.0. The maximum Gasteiger partial charge on any atom is 0.234 e. The Bertz CT molecular complexity index is 634. The van der Waals surface area contributed by atoms with E-state index in [1.807, 2.05) is 19.2 Å². The molecule has 0 spiro atoms. The lowest BCUT2D eigenvalue weighted by atomic mass is 9.48. The molecule has 4 aliphatic carbocycles. The summed E-state index contributed by atoms with van der Waals surface area (Å²) in [6, 6.07) is 8.36. The number of rotatable bonds is 7. The first kappa shape index (κ1) is 18.8. The van der Waals surface area contributed by atoms with Crippen molar-refractivity contribution in [3.05, 3.63) is 29.8 Å². The summed E-state index contributed by atoms with van der Waals surface area (Å²) in [4.78, 5) is 14.8. The second-order valence-electron chi connectivity index (χ2n) is 9.59. The van der Waals surface area contributed by atoms with Gasteiger partial charge in [-0.15, -0.1) is 0 Å². The van der Waals surface area contributed by atoms with Crippen LogP contribution in [0.4, 0.5) is 0 Å². The molecule has 4 aliphatic rings. The first-order valence-corrected chi connectivity index (χ1v) is 10.6. The van der Waals surface area contributed by atoms with Crippen LogP contribution in [-0.2, 0) is 11.3 Å². The molecule has 27 heavy (non-hydrogen) atoms. The maximum atomic E-state index is 12.7. The Balaban J connectivity index is 1.29. The zero-order chi connectivity index (χ0) is 19.0. The van der Waals surface area contributed by atoms with Crippen LogP contribution in [0.15, 0.2) is 24.3 Å². The van der Waals surface area contributed by atoms with Gasteiger partial charge in [0.2, 0.25) is 5.91 Å². The van der Waals surface area contributed by atoms with Crippen LogP contribution in [-0.4, -0.2) is 37.6 Å². The minimum absolute atomic E-state index is 0.161. The van der Waals surface area contributed by atoms with Crippen LogP contribution < -0.4 is 10.1 Å². The van der Waals surface area contributed by atoms with E-state index in [1.165, 1.54) is 44.1 Å². The van der Waals surface area contributed by atoms with Crippen molar-refractivity contribution in [3.8, 4) is 5.75 Å². The van der Waals surface area contributed by atoms with Gasteiger partial charge in [0.15, 0.2) is 0 Å². The summed E-state index contributed by atoms with van der Waals surface area (Å²) in [5.41, 5.74) is 1.57. The van der Waals surface area contributed by atoms with Gasteiger partial charge in [0, 0.05) is 12.6 Å². The highest BCUT2D eigenvalue weighted by atomic mass is 16.5. The molecule has 5 rings (SSSR count). The van der Waals surface area contributed by atoms with Crippen LogP contribution in [0.2, 0.25) is 0 Å². The van der Waals surface area contributed by atoms with Crippen molar-refractivity contribution in [2.24, 2.45) is 23.2 Å². The summed E-state index contributed by atoms with van der Waals surface area (Å²) in [6.45, 7) is 3.47. The van der Waals surface area contributed by atoms with Crippen LogP contribution in [0.3, 0.4) is 0 Å². The fourth-order valence-corrected chi connectivity index (χ4v) is 6.49. The van der Waals surface area contributed by atoms with Gasteiger partial charge < -0.3 is 10.1 Å². The van der Waals surface area contributed by atoms with Gasteiger partial charge in [-0.2, -0.15) is 0 Å². The highest BCUT2D eigenvalue weighted by Gasteiger charge is 2.53. The van der Waals surface area contributed by atoms with E-state index in [-0.39, 0.29) is 5.91 Å². The van der Waals surface area contributed by atoms with Gasteiger partial charge >= 0.3 is 0 Å². The highest BCUT2D eigenvalue weighted by Crippen LogP contribution is 2.61. The van der Waals surface area contributed by atoms with Crippen LogP contribution in [0.25, 0.3) is 0 Å². The molecule has 1 aromatic rings. The molecule has 148 valence electrons. The fraction of sp³-hybridized carbons (Fsp3) is 0.696. The summed E-state index contributed by atoms with van der Waals surface area (Å²) in [7, 11) is 3.69. The Morgan fingerprint density at radius 1 is 1.15 bits per heavy atom. The number of nitrogens with one attached hydrogen (secondary N) is 1. The standard InChI is InChI=1S/C23H34N2O2/c1-16(23-11-18-8-19(12-23)10-20(9-18)13-23)24-22(26)15-25(2)14-17-4-6-21(27-3)7-5-17/h4-7,16,18-20H,8-15H2,1-3H3,(H,24,26)/t16-,18?,19?,20?,23?/m0/s1. The number of amides is 1. The monoisotopic (exact) mass is 370 g/mol. The number of likely N-dealkylation sites (N-methyl/N-ethyl adjacent to an activating group) is 1. The van der Waals surface area contributed by atoms with E-state index in [0.717, 1.165) is 30.0 Å². The van der Waals surface area contributed by atoms with Gasteiger partial charge in [-0.3, -0.25) is 9.69 Å². The second-order valence-corrected chi connectivity index (χ2v) is 9.59. The Hall–Kier alpha value is -1.55. The topological polar surface area (TPSA) is 41.6 Å². The molecule has 0 aromatic heterocycles. The van der Waals surface area contributed by atoms with Crippen molar-refractivity contribution in [1.82, 2.24) is 10.2 Å². The number of hydrogen-bond donors (Lipinski definition) is 1. The lowest BCUT2D eigenvalue weighted by Gasteiger charge is -2.59. The Kier molecular flexibility index (Phi) is 5.19. The van der Waals surface area contributed by atoms with Gasteiger partial charge in [0.05, 0.1) is 13.7 Å². The quantitative estimate of drug-likeness (QED) is 0.793. The van der Waals surface area contributed by atoms with E-state index in [0.29, 0.717) is 18.0 Å². The van der Waals surface area contributed by atoms with Crippen molar-refractivity contribution in [2.75, 3.05) is 20.7 Å². The molecule has 0 heterocycles. The Morgan fingerprint density at radius 2 is 1.70 bits per heavy atom. The van der Waals surface area contributed by atoms with E-state index in [1.54, 1.807) is 7.11 Å². The van der Waals surface area contributed by atoms with Gasteiger partial charge in [-0.1, -0.05) is 12.1 Å². The molecule has 0 aliphatic heterocycles. The van der Waals surface area contributed by atoms with Gasteiger partial charge in [-0.25, -0.2) is 0 Å². The number of ether oxygens (including phenoxy) is 1. The second kappa shape index (κ2) is 7.46. The first-order chi connectivity index (χ1) is 13.0. The molecule has 4 heteroatoms. The molecular weight excluding hydrogens is 336 g/mol.